The molecule has 0 radical (unpaired) electrons. The van der Waals surface area contributed by atoms with Gasteiger partial charge in [0.05, 0.1) is 16.0 Å². The van der Waals surface area contributed by atoms with Crippen molar-refractivity contribution < 1.29 is 52.4 Å². The van der Waals surface area contributed by atoms with E-state index in [9.17, 15) is 48.0 Å². The maximum atomic E-state index is 15.5. The third-order valence-electron chi connectivity index (χ3n) is 5.77. The predicted octanol–water partition coefficient (Wildman–Crippen LogP) is 4.33. The zero-order valence-corrected chi connectivity index (χ0v) is 20.5. The van der Waals surface area contributed by atoms with E-state index in [1.54, 1.807) is 0 Å². The van der Waals surface area contributed by atoms with Crippen molar-refractivity contribution in [2.75, 3.05) is 6.26 Å². The fourth-order valence-electron chi connectivity index (χ4n) is 3.83. The molecule has 7 nitrogen and oxygen atoms in total. The standard InChI is InChI=1S/C21H19F7N2O5S2/c1-36(32,33)18-15(5-6-16(30-18)21(26,27)28)17(31)29-13-7-9-19(22,10-8-13)37(34,35)14-4-2-3-12(11-14)20(23,24)25/h2-6,11,13H,7-10H2,1H3,(H,29,31)/t13-,19+. The van der Waals surface area contributed by atoms with Gasteiger partial charge in [0.25, 0.3) is 5.91 Å². The first-order chi connectivity index (χ1) is 16.8. The third-order valence-corrected chi connectivity index (χ3v) is 9.03. The van der Waals surface area contributed by atoms with Crippen molar-refractivity contribution in [1.82, 2.24) is 10.3 Å². The first kappa shape index (κ1) is 28.8. The Morgan fingerprint density at radius 2 is 1.57 bits per heavy atom. The average molecular weight is 577 g/mol. The Balaban J connectivity index is 1.78. The lowest BCUT2D eigenvalue weighted by Gasteiger charge is -2.34. The Morgan fingerprint density at radius 3 is 2.08 bits per heavy atom. The van der Waals surface area contributed by atoms with Gasteiger partial charge in [0.1, 0.15) is 5.69 Å². The number of nitrogens with zero attached hydrogens (tertiary/aromatic N) is 1. The fraction of sp³-hybridized carbons (Fsp3) is 0.429. The molecule has 1 aliphatic rings. The number of amides is 1. The van der Waals surface area contributed by atoms with Crippen LogP contribution in [-0.4, -0.2) is 45.0 Å². The lowest BCUT2D eigenvalue weighted by molar-refractivity contribution is -0.141. The summed E-state index contributed by atoms with van der Waals surface area (Å²) in [6, 6.07) is 2.78. The molecule has 0 atom stereocenters. The fourth-order valence-corrected chi connectivity index (χ4v) is 6.39. The monoisotopic (exact) mass is 576 g/mol. The molecule has 16 heteroatoms. The molecule has 1 N–H and O–H groups in total. The van der Waals surface area contributed by atoms with E-state index in [0.29, 0.717) is 30.5 Å². The molecule has 37 heavy (non-hydrogen) atoms. The first-order valence-electron chi connectivity index (χ1n) is 10.5. The van der Waals surface area contributed by atoms with Crippen LogP contribution in [-0.2, 0) is 32.0 Å². The lowest BCUT2D eigenvalue weighted by atomic mass is 9.93. The van der Waals surface area contributed by atoms with Crippen molar-refractivity contribution in [1.29, 1.82) is 0 Å². The minimum Gasteiger partial charge on any atom is -0.349 e. The molecule has 1 saturated carbocycles. The number of halogens is 7. The lowest BCUT2D eigenvalue weighted by Crippen LogP contribution is -2.45. The highest BCUT2D eigenvalue weighted by atomic mass is 32.2. The third kappa shape index (κ3) is 6.05. The molecule has 0 spiro atoms. The van der Waals surface area contributed by atoms with Crippen LogP contribution < -0.4 is 5.32 Å². The van der Waals surface area contributed by atoms with E-state index in [1.165, 1.54) is 0 Å². The number of pyridine rings is 1. The molecule has 1 fully saturated rings. The molecule has 1 aromatic heterocycles. The summed E-state index contributed by atoms with van der Waals surface area (Å²) in [5.41, 5.74) is -3.50. The highest BCUT2D eigenvalue weighted by Crippen LogP contribution is 2.41. The van der Waals surface area contributed by atoms with Gasteiger partial charge in [-0.15, -0.1) is 0 Å². The number of benzene rings is 1. The SMILES string of the molecule is CS(=O)(=O)c1nc(C(F)(F)F)ccc1C(=O)N[C@H]1CC[C@@](F)(S(=O)(=O)c2cccc(C(F)(F)F)c2)CC1. The summed E-state index contributed by atoms with van der Waals surface area (Å²) in [6.07, 6.45) is -11.3. The van der Waals surface area contributed by atoms with Gasteiger partial charge >= 0.3 is 12.4 Å². The molecule has 1 aromatic carbocycles. The van der Waals surface area contributed by atoms with Gasteiger partial charge in [-0.2, -0.15) is 26.3 Å². The van der Waals surface area contributed by atoms with Crippen LogP contribution in [0.5, 0.6) is 0 Å². The van der Waals surface area contributed by atoms with Crippen LogP contribution in [0.4, 0.5) is 30.7 Å². The smallest absolute Gasteiger partial charge is 0.349 e. The predicted molar refractivity (Wildman–Crippen MR) is 115 cm³/mol. The zero-order valence-electron chi connectivity index (χ0n) is 18.8. The van der Waals surface area contributed by atoms with Gasteiger partial charge < -0.3 is 5.32 Å². The summed E-state index contributed by atoms with van der Waals surface area (Å²) in [4.78, 5) is 14.8. The Labute approximate surface area is 206 Å². The van der Waals surface area contributed by atoms with Gasteiger partial charge in [0, 0.05) is 12.3 Å². The second-order valence-corrected chi connectivity index (χ2v) is 12.6. The number of rotatable bonds is 5. The Kier molecular flexibility index (Phi) is 7.42. The zero-order chi connectivity index (χ0) is 28.0. The second-order valence-electron chi connectivity index (χ2n) is 8.48. The summed E-state index contributed by atoms with van der Waals surface area (Å²) < 4.78 is 143. The number of hydrogen-bond acceptors (Lipinski definition) is 6. The highest BCUT2D eigenvalue weighted by molar-refractivity contribution is 7.92. The van der Waals surface area contributed by atoms with E-state index in [2.05, 4.69) is 10.3 Å². The molecule has 0 aliphatic heterocycles. The topological polar surface area (TPSA) is 110 Å². The summed E-state index contributed by atoms with van der Waals surface area (Å²) in [5, 5.41) is -1.73. The van der Waals surface area contributed by atoms with Crippen molar-refractivity contribution >= 4 is 25.6 Å². The number of carbonyl (C=O) groups is 1. The first-order valence-corrected chi connectivity index (χ1v) is 13.8. The molecular formula is C21H19F7N2O5S2. The van der Waals surface area contributed by atoms with Gasteiger partial charge in [-0.3, -0.25) is 4.79 Å². The van der Waals surface area contributed by atoms with Crippen molar-refractivity contribution in [2.24, 2.45) is 0 Å². The molecule has 3 rings (SSSR count). The van der Waals surface area contributed by atoms with Gasteiger partial charge in [0.15, 0.2) is 14.9 Å². The van der Waals surface area contributed by atoms with Crippen LogP contribution >= 0.6 is 0 Å². The molecule has 1 amide bonds. The van der Waals surface area contributed by atoms with Crippen LogP contribution in [0.1, 0.15) is 47.3 Å². The number of aromatic nitrogens is 1. The quantitative estimate of drug-likeness (QED) is 0.531. The average Bonchev–Trinajstić information content (AvgIpc) is 2.78. The summed E-state index contributed by atoms with van der Waals surface area (Å²) in [6.45, 7) is 0. The van der Waals surface area contributed by atoms with Crippen molar-refractivity contribution in [3.8, 4) is 0 Å². The second kappa shape index (κ2) is 9.53. The van der Waals surface area contributed by atoms with Crippen molar-refractivity contribution in [3.05, 3.63) is 53.2 Å². The normalized spacial score (nSPS) is 21.5. The van der Waals surface area contributed by atoms with E-state index in [-0.39, 0.29) is 12.8 Å². The van der Waals surface area contributed by atoms with Crippen molar-refractivity contribution in [3.63, 3.8) is 0 Å². The maximum Gasteiger partial charge on any atom is 0.433 e. The van der Waals surface area contributed by atoms with Gasteiger partial charge in [-0.05, 0) is 56.0 Å². The van der Waals surface area contributed by atoms with E-state index in [4.69, 9.17) is 0 Å². The molecule has 1 aliphatic carbocycles. The number of hydrogen-bond donors (Lipinski definition) is 1. The Morgan fingerprint density at radius 1 is 0.973 bits per heavy atom. The van der Waals surface area contributed by atoms with E-state index >= 15 is 4.39 Å². The summed E-state index contributed by atoms with van der Waals surface area (Å²) in [5.74, 6) is -1.13. The maximum absolute atomic E-state index is 15.5. The van der Waals surface area contributed by atoms with E-state index in [1.807, 2.05) is 0 Å². The van der Waals surface area contributed by atoms with E-state index < -0.39 is 88.6 Å². The number of carbonyl (C=O) groups excluding carboxylic acids is 1. The molecular weight excluding hydrogens is 557 g/mol. The molecule has 0 bridgehead atoms. The molecule has 1 heterocycles. The number of nitrogens with one attached hydrogen (secondary N) is 1. The largest absolute Gasteiger partial charge is 0.433 e. The van der Waals surface area contributed by atoms with Crippen LogP contribution in [0.15, 0.2) is 46.3 Å². The minimum absolute atomic E-state index is 0.303. The molecule has 0 unspecified atom stereocenters. The van der Waals surface area contributed by atoms with Crippen molar-refractivity contribution in [2.45, 2.75) is 59.0 Å². The number of alkyl halides is 7. The molecule has 0 saturated heterocycles. The minimum atomic E-state index is -4.98. The van der Waals surface area contributed by atoms with Crippen LogP contribution in [0, 0.1) is 0 Å². The van der Waals surface area contributed by atoms with Crippen LogP contribution in [0.2, 0.25) is 0 Å². The Bertz CT molecular complexity index is 1410. The van der Waals surface area contributed by atoms with Crippen LogP contribution in [0.25, 0.3) is 0 Å². The van der Waals surface area contributed by atoms with E-state index in [0.717, 1.165) is 12.1 Å². The van der Waals surface area contributed by atoms with Gasteiger partial charge in [0.2, 0.25) is 14.8 Å². The summed E-state index contributed by atoms with van der Waals surface area (Å²) >= 11 is 0. The van der Waals surface area contributed by atoms with Crippen LogP contribution in [0.3, 0.4) is 0 Å². The molecule has 204 valence electrons. The van der Waals surface area contributed by atoms with Gasteiger partial charge in [-0.25, -0.2) is 26.2 Å². The van der Waals surface area contributed by atoms with Gasteiger partial charge in [-0.1, -0.05) is 6.07 Å². The Hall–Kier alpha value is -2.75. The summed E-state index contributed by atoms with van der Waals surface area (Å²) in [7, 11) is -9.24. The molecule has 2 aromatic rings. The number of sulfone groups is 2. The highest BCUT2D eigenvalue weighted by Gasteiger charge is 2.48.